The number of hydrogen-bond acceptors (Lipinski definition) is 0. The SMILES string of the molecule is [CH]CCC[CH]CCCCC(C)C. The summed E-state index contributed by atoms with van der Waals surface area (Å²) in [5.41, 5.74) is 0. The predicted octanol–water partition coefficient (Wildman–Crippen LogP) is 4.29. The van der Waals surface area contributed by atoms with E-state index in [0.29, 0.717) is 0 Å². The fraction of sp³-hybridized carbons (Fsp3) is 0.833. The zero-order valence-electron chi connectivity index (χ0n) is 8.68. The van der Waals surface area contributed by atoms with Crippen molar-refractivity contribution in [2.75, 3.05) is 0 Å². The van der Waals surface area contributed by atoms with E-state index in [0.717, 1.165) is 18.8 Å². The monoisotopic (exact) mass is 167 g/mol. The Labute approximate surface area is 78.8 Å². The largest absolute Gasteiger partial charge is 0.0628 e. The first kappa shape index (κ1) is 12.0. The third-order valence-electron chi connectivity index (χ3n) is 2.05. The van der Waals surface area contributed by atoms with Crippen molar-refractivity contribution in [2.24, 2.45) is 5.92 Å². The van der Waals surface area contributed by atoms with Crippen molar-refractivity contribution in [1.82, 2.24) is 0 Å². The summed E-state index contributed by atoms with van der Waals surface area (Å²) >= 11 is 0. The van der Waals surface area contributed by atoms with E-state index >= 15 is 0 Å². The van der Waals surface area contributed by atoms with Gasteiger partial charge in [0.1, 0.15) is 0 Å². The average Bonchev–Trinajstić information content (AvgIpc) is 2.02. The summed E-state index contributed by atoms with van der Waals surface area (Å²) in [4.78, 5) is 0. The molecule has 0 nitrogen and oxygen atoms in total. The molecule has 0 heterocycles. The summed E-state index contributed by atoms with van der Waals surface area (Å²) in [7, 11) is 0. The van der Waals surface area contributed by atoms with Crippen LogP contribution in [0.4, 0.5) is 0 Å². The molecule has 0 aliphatic carbocycles. The average molecular weight is 167 g/mol. The Morgan fingerprint density at radius 1 is 1.08 bits per heavy atom. The minimum Gasteiger partial charge on any atom is -0.0628 e. The maximum Gasteiger partial charge on any atom is -0.0352 e. The van der Waals surface area contributed by atoms with Gasteiger partial charge in [-0.15, -0.1) is 0 Å². The lowest BCUT2D eigenvalue weighted by atomic mass is 10.0. The minimum atomic E-state index is 0.836. The van der Waals surface area contributed by atoms with E-state index in [9.17, 15) is 0 Å². The molecule has 0 unspecified atom stereocenters. The fourth-order valence-corrected chi connectivity index (χ4v) is 1.25. The molecule has 0 rings (SSSR count). The van der Waals surface area contributed by atoms with Crippen LogP contribution in [0.25, 0.3) is 0 Å². The number of unbranched alkanes of at least 4 members (excludes halogenated alkanes) is 6. The Balaban J connectivity index is 2.82. The van der Waals surface area contributed by atoms with Crippen molar-refractivity contribution >= 4 is 0 Å². The highest BCUT2D eigenvalue weighted by Crippen LogP contribution is 2.10. The Morgan fingerprint density at radius 3 is 2.33 bits per heavy atom. The van der Waals surface area contributed by atoms with E-state index in [2.05, 4.69) is 20.3 Å². The van der Waals surface area contributed by atoms with Crippen LogP contribution in [-0.4, -0.2) is 0 Å². The smallest absolute Gasteiger partial charge is 0.0352 e. The molecule has 0 saturated heterocycles. The molecule has 0 heteroatoms. The second-order valence-electron chi connectivity index (χ2n) is 3.90. The lowest BCUT2D eigenvalue weighted by Gasteiger charge is -2.03. The van der Waals surface area contributed by atoms with Crippen molar-refractivity contribution in [3.63, 3.8) is 0 Å². The molecular formula is C12H23. The zero-order valence-corrected chi connectivity index (χ0v) is 8.68. The second-order valence-corrected chi connectivity index (χ2v) is 3.90. The molecule has 0 aliphatic heterocycles. The molecule has 12 heavy (non-hydrogen) atoms. The first-order chi connectivity index (χ1) is 5.77. The summed E-state index contributed by atoms with van der Waals surface area (Å²) in [6.07, 6.45) is 11.0. The van der Waals surface area contributed by atoms with Crippen LogP contribution in [0.5, 0.6) is 0 Å². The van der Waals surface area contributed by atoms with E-state index in [4.69, 9.17) is 6.92 Å². The van der Waals surface area contributed by atoms with Gasteiger partial charge in [-0.05, 0) is 25.7 Å². The molecule has 0 saturated carbocycles. The van der Waals surface area contributed by atoms with Crippen LogP contribution in [0.3, 0.4) is 0 Å². The quantitative estimate of drug-likeness (QED) is 0.473. The first-order valence-electron chi connectivity index (χ1n) is 5.29. The first-order valence-corrected chi connectivity index (χ1v) is 5.29. The van der Waals surface area contributed by atoms with Crippen LogP contribution in [0.2, 0.25) is 0 Å². The maximum atomic E-state index is 5.39. The molecule has 0 N–H and O–H groups in total. The van der Waals surface area contributed by atoms with Gasteiger partial charge >= 0.3 is 0 Å². The summed E-state index contributed by atoms with van der Waals surface area (Å²) < 4.78 is 0. The Bertz CT molecular complexity index is 74.1. The van der Waals surface area contributed by atoms with Crippen molar-refractivity contribution < 1.29 is 0 Å². The summed E-state index contributed by atoms with van der Waals surface area (Å²) in [5, 5.41) is 0. The molecule has 0 fully saturated rings. The van der Waals surface area contributed by atoms with Crippen LogP contribution in [-0.2, 0) is 0 Å². The molecule has 0 aliphatic rings. The van der Waals surface area contributed by atoms with Gasteiger partial charge in [-0.25, -0.2) is 0 Å². The van der Waals surface area contributed by atoms with Crippen LogP contribution < -0.4 is 0 Å². The van der Waals surface area contributed by atoms with Crippen molar-refractivity contribution in [1.29, 1.82) is 0 Å². The maximum absolute atomic E-state index is 5.39. The molecule has 71 valence electrons. The number of hydrogen-bond donors (Lipinski definition) is 0. The molecule has 0 aromatic rings. The Hall–Kier alpha value is 0. The molecule has 0 spiro atoms. The Kier molecular flexibility index (Phi) is 9.09. The minimum absolute atomic E-state index is 0.836. The topological polar surface area (TPSA) is 0 Å². The van der Waals surface area contributed by atoms with Gasteiger partial charge in [0.05, 0.1) is 0 Å². The highest BCUT2D eigenvalue weighted by molar-refractivity contribution is 4.64. The standard InChI is InChI=1S/C12H23/c1-4-5-6-7-8-9-10-11-12(2)3/h1,7,12H,4-6,8-11H2,2-3H3. The van der Waals surface area contributed by atoms with Crippen molar-refractivity contribution in [3.8, 4) is 0 Å². The van der Waals surface area contributed by atoms with Crippen LogP contribution in [0, 0.1) is 19.3 Å². The molecule has 0 aromatic heterocycles. The van der Waals surface area contributed by atoms with Crippen LogP contribution >= 0.6 is 0 Å². The highest BCUT2D eigenvalue weighted by Gasteiger charge is 1.94. The summed E-state index contributed by atoms with van der Waals surface area (Å²) in [6.45, 7) is 9.97. The number of rotatable bonds is 8. The molecule has 3 radical (unpaired) electrons. The van der Waals surface area contributed by atoms with E-state index in [1.807, 2.05) is 0 Å². The van der Waals surface area contributed by atoms with Crippen LogP contribution in [0.1, 0.15) is 58.8 Å². The Morgan fingerprint density at radius 2 is 1.75 bits per heavy atom. The fourth-order valence-electron chi connectivity index (χ4n) is 1.25. The molecule has 0 amide bonds. The van der Waals surface area contributed by atoms with Gasteiger partial charge in [-0.3, -0.25) is 0 Å². The summed E-state index contributed by atoms with van der Waals surface area (Å²) in [6, 6.07) is 0. The summed E-state index contributed by atoms with van der Waals surface area (Å²) in [5.74, 6) is 0.869. The van der Waals surface area contributed by atoms with E-state index in [-0.39, 0.29) is 0 Å². The second kappa shape index (κ2) is 9.09. The van der Waals surface area contributed by atoms with Gasteiger partial charge in [0.2, 0.25) is 0 Å². The third kappa shape index (κ3) is 10.0. The molecular weight excluding hydrogens is 144 g/mol. The van der Waals surface area contributed by atoms with E-state index in [1.165, 1.54) is 32.1 Å². The van der Waals surface area contributed by atoms with Crippen molar-refractivity contribution in [2.45, 2.75) is 58.8 Å². The zero-order chi connectivity index (χ0) is 9.23. The molecule has 0 atom stereocenters. The van der Waals surface area contributed by atoms with Crippen molar-refractivity contribution in [3.05, 3.63) is 13.3 Å². The van der Waals surface area contributed by atoms with Gasteiger partial charge in [-0.1, -0.05) is 52.4 Å². The third-order valence-corrected chi connectivity index (χ3v) is 2.05. The molecule has 0 bridgehead atoms. The van der Waals surface area contributed by atoms with Gasteiger partial charge < -0.3 is 0 Å². The predicted molar refractivity (Wildman–Crippen MR) is 55.8 cm³/mol. The highest BCUT2D eigenvalue weighted by atomic mass is 14.0. The van der Waals surface area contributed by atoms with Gasteiger partial charge in [0.15, 0.2) is 0 Å². The lowest BCUT2D eigenvalue weighted by molar-refractivity contribution is 0.533. The van der Waals surface area contributed by atoms with Crippen LogP contribution in [0.15, 0.2) is 0 Å². The van der Waals surface area contributed by atoms with E-state index < -0.39 is 0 Å². The van der Waals surface area contributed by atoms with Gasteiger partial charge in [-0.2, -0.15) is 0 Å². The van der Waals surface area contributed by atoms with Gasteiger partial charge in [0, 0.05) is 0 Å². The normalized spacial score (nSPS) is 11.0. The van der Waals surface area contributed by atoms with Gasteiger partial charge in [0.25, 0.3) is 0 Å². The molecule has 0 aromatic carbocycles. The van der Waals surface area contributed by atoms with E-state index in [1.54, 1.807) is 0 Å². The lowest BCUT2D eigenvalue weighted by Crippen LogP contribution is -1.87.